The number of carbonyl (C=O) groups is 1. The summed E-state index contributed by atoms with van der Waals surface area (Å²) in [5.41, 5.74) is -0.540. The second-order valence-corrected chi connectivity index (χ2v) is 7.57. The van der Waals surface area contributed by atoms with Gasteiger partial charge in [-0.15, -0.1) is 0 Å². The number of nitrogens with one attached hydrogen (secondary N) is 1. The zero-order valence-electron chi connectivity index (χ0n) is 16.0. The fourth-order valence-electron chi connectivity index (χ4n) is 2.46. The highest BCUT2D eigenvalue weighted by Crippen LogP contribution is 2.32. The normalized spacial score (nSPS) is 15.3. The number of rotatable bonds is 5. The fourth-order valence-corrected chi connectivity index (χ4v) is 2.46. The molecule has 1 aliphatic rings. The van der Waals surface area contributed by atoms with E-state index < -0.39 is 17.8 Å². The number of imidazole rings is 1. The van der Waals surface area contributed by atoms with Crippen LogP contribution in [0.2, 0.25) is 0 Å². The minimum atomic E-state index is -4.57. The molecular weight excluding hydrogens is 373 g/mol. The topological polar surface area (TPSA) is 69.0 Å². The molecule has 0 unspecified atom stereocenters. The van der Waals surface area contributed by atoms with Crippen LogP contribution in [0, 0.1) is 5.92 Å². The Bertz CT molecular complexity index is 968. The maximum absolute atomic E-state index is 13.0. The Morgan fingerprint density at radius 2 is 1.93 bits per heavy atom. The molecule has 0 bridgehead atoms. The molecular formula is C19H21F3N4O2. The number of hydrogen-bond acceptors (Lipinski definition) is 4. The van der Waals surface area contributed by atoms with Crippen LogP contribution in [-0.4, -0.2) is 32.7 Å². The molecule has 3 rings (SSSR count). The van der Waals surface area contributed by atoms with Crippen molar-refractivity contribution in [1.29, 1.82) is 0 Å². The van der Waals surface area contributed by atoms with E-state index in [1.807, 2.05) is 20.8 Å². The Hall–Kier alpha value is -2.68. The molecule has 28 heavy (non-hydrogen) atoms. The lowest BCUT2D eigenvalue weighted by Crippen LogP contribution is -2.30. The number of halogens is 3. The molecule has 6 nitrogen and oxygen atoms in total. The van der Waals surface area contributed by atoms with E-state index in [-0.39, 0.29) is 35.2 Å². The van der Waals surface area contributed by atoms with Gasteiger partial charge in [0, 0.05) is 0 Å². The van der Waals surface area contributed by atoms with Gasteiger partial charge in [-0.25, -0.2) is 9.97 Å². The molecule has 0 saturated carbocycles. The molecule has 2 heterocycles. The van der Waals surface area contributed by atoms with Gasteiger partial charge in [0.2, 0.25) is 11.9 Å². The Labute approximate surface area is 160 Å². The highest BCUT2D eigenvalue weighted by molar-refractivity contribution is 5.94. The number of carbonyl (C=O) groups excluding carboxylic acids is 1. The molecule has 0 aliphatic heterocycles. The Morgan fingerprint density at radius 1 is 1.25 bits per heavy atom. The predicted octanol–water partition coefficient (Wildman–Crippen LogP) is 4.25. The van der Waals surface area contributed by atoms with Crippen molar-refractivity contribution in [2.24, 2.45) is 5.92 Å². The van der Waals surface area contributed by atoms with Gasteiger partial charge < -0.3 is 4.74 Å². The third-order valence-corrected chi connectivity index (χ3v) is 4.04. The lowest BCUT2D eigenvalue weighted by atomic mass is 10.1. The number of pyridine rings is 1. The number of fused-ring (bicyclic) bond motifs is 1. The van der Waals surface area contributed by atoms with Crippen molar-refractivity contribution in [3.05, 3.63) is 36.1 Å². The van der Waals surface area contributed by atoms with Crippen LogP contribution < -0.4 is 5.32 Å². The lowest BCUT2D eigenvalue weighted by Gasteiger charge is -2.22. The van der Waals surface area contributed by atoms with Crippen molar-refractivity contribution in [3.8, 4) is 0 Å². The van der Waals surface area contributed by atoms with Gasteiger partial charge >= 0.3 is 6.18 Å². The average Bonchev–Trinajstić information content (AvgIpc) is 2.87. The van der Waals surface area contributed by atoms with Gasteiger partial charge in [0.05, 0.1) is 23.8 Å². The lowest BCUT2D eigenvalue weighted by molar-refractivity contribution is -0.141. The van der Waals surface area contributed by atoms with Crippen molar-refractivity contribution in [3.63, 3.8) is 0 Å². The van der Waals surface area contributed by atoms with Crippen molar-refractivity contribution in [2.75, 3.05) is 11.9 Å². The first kappa shape index (κ1) is 20.1. The minimum absolute atomic E-state index is 0.0271. The molecule has 150 valence electrons. The van der Waals surface area contributed by atoms with Crippen LogP contribution >= 0.6 is 0 Å². The zero-order chi connectivity index (χ0) is 20.7. The van der Waals surface area contributed by atoms with Gasteiger partial charge in [-0.3, -0.25) is 14.7 Å². The maximum Gasteiger partial charge on any atom is 0.433 e. The van der Waals surface area contributed by atoms with E-state index in [1.54, 1.807) is 25.2 Å². The van der Waals surface area contributed by atoms with Crippen LogP contribution in [0.1, 0.15) is 33.4 Å². The quantitative estimate of drug-likeness (QED) is 0.823. The number of anilines is 1. The minimum Gasteiger partial charge on any atom is -0.375 e. The molecule has 1 N–H and O–H groups in total. The average molecular weight is 394 g/mol. The number of allylic oxidation sites excluding steroid dienone is 4. The molecule has 2 aromatic heterocycles. The number of aromatic nitrogens is 3. The molecule has 1 atom stereocenters. The van der Waals surface area contributed by atoms with Crippen molar-refractivity contribution >= 4 is 28.7 Å². The molecule has 0 aromatic carbocycles. The second-order valence-electron chi connectivity index (χ2n) is 7.57. The fraction of sp³-hybridized carbons (Fsp3) is 0.421. The molecule has 0 spiro atoms. The summed E-state index contributed by atoms with van der Waals surface area (Å²) in [6.45, 7) is 7.56. The summed E-state index contributed by atoms with van der Waals surface area (Å²) in [6.07, 6.45) is 0.561. The first-order valence-corrected chi connectivity index (χ1v) is 8.76. The third kappa shape index (κ3) is 4.24. The summed E-state index contributed by atoms with van der Waals surface area (Å²) < 4.78 is 46.2. The van der Waals surface area contributed by atoms with Crippen LogP contribution in [0.3, 0.4) is 0 Å². The Morgan fingerprint density at radius 3 is 2.46 bits per heavy atom. The van der Waals surface area contributed by atoms with Crippen LogP contribution in [0.4, 0.5) is 19.1 Å². The zero-order valence-corrected chi connectivity index (χ0v) is 16.0. The molecule has 2 aromatic rings. The summed E-state index contributed by atoms with van der Waals surface area (Å²) >= 11 is 0. The highest BCUT2D eigenvalue weighted by atomic mass is 19.4. The standard InChI is InChI=1S/C19H21F3N4O2/c1-11(10-28-18(2,3)4)16(27)25-17-23-13-8-9-14(19(20,21)22)24-15(13)26(17)12-6-5-7-12/h5-9,11H,10H2,1-4H3,(H,23,25,27)/t11-/m0/s1. The summed E-state index contributed by atoms with van der Waals surface area (Å²) in [6, 6.07) is 2.11. The molecule has 0 saturated heterocycles. The van der Waals surface area contributed by atoms with Gasteiger partial charge in [0.15, 0.2) is 5.65 Å². The predicted molar refractivity (Wildman–Crippen MR) is 99.4 cm³/mol. The Balaban J connectivity index is 1.91. The largest absolute Gasteiger partial charge is 0.433 e. The van der Waals surface area contributed by atoms with E-state index in [4.69, 9.17) is 4.74 Å². The molecule has 1 amide bonds. The monoisotopic (exact) mass is 394 g/mol. The number of ether oxygens (including phenoxy) is 1. The van der Waals surface area contributed by atoms with Crippen molar-refractivity contribution in [1.82, 2.24) is 14.5 Å². The number of amides is 1. The van der Waals surface area contributed by atoms with E-state index in [9.17, 15) is 18.0 Å². The van der Waals surface area contributed by atoms with E-state index in [0.29, 0.717) is 5.70 Å². The van der Waals surface area contributed by atoms with Crippen LogP contribution in [0.25, 0.3) is 16.9 Å². The van der Waals surface area contributed by atoms with Gasteiger partial charge in [-0.05, 0) is 45.1 Å². The van der Waals surface area contributed by atoms with Crippen molar-refractivity contribution in [2.45, 2.75) is 39.5 Å². The number of nitrogens with zero attached hydrogens (tertiary/aromatic N) is 3. The highest BCUT2D eigenvalue weighted by Gasteiger charge is 2.33. The molecule has 0 fully saturated rings. The summed E-state index contributed by atoms with van der Waals surface area (Å²) in [5.74, 6) is -0.706. The van der Waals surface area contributed by atoms with Gasteiger partial charge in [0.1, 0.15) is 11.2 Å². The van der Waals surface area contributed by atoms with Crippen LogP contribution in [0.5, 0.6) is 0 Å². The first-order chi connectivity index (χ1) is 13.0. The summed E-state index contributed by atoms with van der Waals surface area (Å²) in [5, 5.41) is 2.68. The third-order valence-electron chi connectivity index (χ3n) is 4.04. The van der Waals surface area contributed by atoms with E-state index in [2.05, 4.69) is 15.3 Å². The summed E-state index contributed by atoms with van der Waals surface area (Å²) in [4.78, 5) is 20.5. The molecule has 9 heteroatoms. The van der Waals surface area contributed by atoms with Gasteiger partial charge in [0.25, 0.3) is 0 Å². The number of hydrogen-bond donors (Lipinski definition) is 1. The van der Waals surface area contributed by atoms with E-state index >= 15 is 0 Å². The molecule has 1 aliphatic carbocycles. The SMILES string of the molecule is C[C@@H](COC(C)(C)C)C(=O)Nc1nc2ccc(C(F)(F)F)nc2n1C1=CC=C1. The Kier molecular flexibility index (Phi) is 5.05. The number of alkyl halides is 3. The summed E-state index contributed by atoms with van der Waals surface area (Å²) in [7, 11) is 0. The molecule has 0 radical (unpaired) electrons. The maximum atomic E-state index is 13.0. The van der Waals surface area contributed by atoms with Crippen molar-refractivity contribution < 1.29 is 22.7 Å². The smallest absolute Gasteiger partial charge is 0.375 e. The van der Waals surface area contributed by atoms with Crippen LogP contribution in [-0.2, 0) is 15.7 Å². The van der Waals surface area contributed by atoms with Crippen LogP contribution in [0.15, 0.2) is 30.4 Å². The van der Waals surface area contributed by atoms with E-state index in [0.717, 1.165) is 6.07 Å². The van der Waals surface area contributed by atoms with Gasteiger partial charge in [-0.1, -0.05) is 13.0 Å². The van der Waals surface area contributed by atoms with Gasteiger partial charge in [-0.2, -0.15) is 13.2 Å². The second kappa shape index (κ2) is 7.05. The first-order valence-electron chi connectivity index (χ1n) is 8.76. The van der Waals surface area contributed by atoms with E-state index in [1.165, 1.54) is 10.6 Å².